The van der Waals surface area contributed by atoms with Crippen molar-refractivity contribution in [3.63, 3.8) is 0 Å². The van der Waals surface area contributed by atoms with Gasteiger partial charge in [-0.25, -0.2) is 4.98 Å². The van der Waals surface area contributed by atoms with Gasteiger partial charge in [-0.15, -0.1) is 11.3 Å². The van der Waals surface area contributed by atoms with E-state index in [1.54, 1.807) is 6.20 Å². The van der Waals surface area contributed by atoms with Crippen LogP contribution in [-0.2, 0) is 4.57 Å². The van der Waals surface area contributed by atoms with Crippen molar-refractivity contribution in [1.29, 1.82) is 0 Å². The molecule has 0 bridgehead atoms. The molecule has 2 nitrogen and oxygen atoms in total. The molecule has 0 saturated heterocycles. The Labute approximate surface area is 161 Å². The van der Waals surface area contributed by atoms with Crippen molar-refractivity contribution in [2.45, 2.75) is 0 Å². The van der Waals surface area contributed by atoms with E-state index >= 15 is 0 Å². The van der Waals surface area contributed by atoms with Gasteiger partial charge in [-0.2, -0.15) is 0 Å². The van der Waals surface area contributed by atoms with E-state index in [1.807, 2.05) is 66.0 Å². The Kier molecular flexibility index (Phi) is 3.93. The van der Waals surface area contributed by atoms with Crippen molar-refractivity contribution in [3.8, 4) is 0 Å². The van der Waals surface area contributed by atoms with E-state index in [4.69, 9.17) is 0 Å². The first-order valence-electron chi connectivity index (χ1n) is 8.74. The van der Waals surface area contributed by atoms with Gasteiger partial charge in [-0.1, -0.05) is 72.8 Å². The molecule has 5 aromatic rings. The van der Waals surface area contributed by atoms with E-state index in [0.29, 0.717) is 4.75 Å². The molecular formula is C23H16NOPS. The number of rotatable bonds is 3. The van der Waals surface area contributed by atoms with Gasteiger partial charge >= 0.3 is 0 Å². The molecule has 130 valence electrons. The van der Waals surface area contributed by atoms with Gasteiger partial charge in [0.2, 0.25) is 0 Å². The summed E-state index contributed by atoms with van der Waals surface area (Å²) in [7, 11) is -3.03. The maximum Gasteiger partial charge on any atom is 0.198 e. The highest BCUT2D eigenvalue weighted by Crippen LogP contribution is 2.44. The highest BCUT2D eigenvalue weighted by atomic mass is 32.1. The van der Waals surface area contributed by atoms with Crippen LogP contribution in [-0.4, -0.2) is 4.98 Å². The van der Waals surface area contributed by atoms with Crippen molar-refractivity contribution in [3.05, 3.63) is 96.5 Å². The summed E-state index contributed by atoms with van der Waals surface area (Å²) >= 11 is 1.46. The fraction of sp³-hybridized carbons (Fsp3) is 0. The van der Waals surface area contributed by atoms with Crippen LogP contribution < -0.4 is 15.4 Å². The smallest absolute Gasteiger partial charge is 0.198 e. The summed E-state index contributed by atoms with van der Waals surface area (Å²) in [5.74, 6) is 0. The Bertz CT molecular complexity index is 1230. The minimum Gasteiger partial charge on any atom is -0.306 e. The zero-order valence-corrected chi connectivity index (χ0v) is 16.2. The molecule has 27 heavy (non-hydrogen) atoms. The summed E-state index contributed by atoms with van der Waals surface area (Å²) in [6, 6.07) is 28.5. The summed E-state index contributed by atoms with van der Waals surface area (Å²) in [4.78, 5) is 4.46. The molecule has 0 saturated carbocycles. The van der Waals surface area contributed by atoms with Crippen LogP contribution in [0.25, 0.3) is 21.5 Å². The van der Waals surface area contributed by atoms with Gasteiger partial charge < -0.3 is 4.57 Å². The predicted octanol–water partition coefficient (Wildman–Crippen LogP) is 5.09. The molecule has 0 N–H and O–H groups in total. The number of nitrogens with zero attached hydrogens (tertiary/aromatic N) is 1. The second-order valence-electron chi connectivity index (χ2n) is 6.49. The Hall–Kier alpha value is -2.74. The summed E-state index contributed by atoms with van der Waals surface area (Å²) in [5, 5.41) is 8.01. The summed E-state index contributed by atoms with van der Waals surface area (Å²) in [5.41, 5.74) is 0. The van der Waals surface area contributed by atoms with E-state index in [2.05, 4.69) is 29.2 Å². The van der Waals surface area contributed by atoms with Crippen molar-refractivity contribution in [2.24, 2.45) is 0 Å². The van der Waals surface area contributed by atoms with Gasteiger partial charge in [0, 0.05) is 22.2 Å². The lowest BCUT2D eigenvalue weighted by atomic mass is 10.1. The van der Waals surface area contributed by atoms with Crippen LogP contribution in [0.2, 0.25) is 0 Å². The van der Waals surface area contributed by atoms with Crippen molar-refractivity contribution >= 4 is 55.4 Å². The molecule has 0 atom stereocenters. The van der Waals surface area contributed by atoms with Crippen LogP contribution in [0.5, 0.6) is 0 Å². The van der Waals surface area contributed by atoms with Gasteiger partial charge in [-0.3, -0.25) is 0 Å². The summed E-state index contributed by atoms with van der Waals surface area (Å²) < 4.78 is 15.2. The third-order valence-electron chi connectivity index (χ3n) is 4.88. The molecule has 1 aromatic heterocycles. The molecule has 1 heterocycles. The lowest BCUT2D eigenvalue weighted by Crippen LogP contribution is -2.24. The molecule has 0 aliphatic heterocycles. The van der Waals surface area contributed by atoms with E-state index in [0.717, 1.165) is 32.2 Å². The van der Waals surface area contributed by atoms with Crippen molar-refractivity contribution in [1.82, 2.24) is 4.98 Å². The van der Waals surface area contributed by atoms with Crippen LogP contribution in [0.15, 0.2) is 96.5 Å². The lowest BCUT2D eigenvalue weighted by Gasteiger charge is -2.18. The Morgan fingerprint density at radius 2 is 1.19 bits per heavy atom. The van der Waals surface area contributed by atoms with Gasteiger partial charge in [0.05, 0.1) is 0 Å². The highest BCUT2D eigenvalue weighted by molar-refractivity contribution is 7.88. The average molecular weight is 385 g/mol. The maximum absolute atomic E-state index is 14.5. The third-order valence-corrected chi connectivity index (χ3v) is 9.21. The van der Waals surface area contributed by atoms with E-state index in [1.165, 1.54) is 11.3 Å². The fourth-order valence-corrected chi connectivity index (χ4v) is 7.44. The fourth-order valence-electron chi connectivity index (χ4n) is 3.49. The average Bonchev–Trinajstić information content (AvgIpc) is 3.28. The molecule has 0 aliphatic carbocycles. The van der Waals surface area contributed by atoms with Crippen LogP contribution in [0, 0.1) is 0 Å². The van der Waals surface area contributed by atoms with E-state index < -0.39 is 7.14 Å². The standard InChI is InChI=1S/C23H16NOPS/c25-26(23-24-13-14-27-23,21-11-9-17-5-1-3-7-19(17)15-21)22-12-10-18-6-2-4-8-20(18)16-22/h1-16H. The van der Waals surface area contributed by atoms with Crippen molar-refractivity contribution < 1.29 is 4.57 Å². The zero-order valence-electron chi connectivity index (χ0n) is 14.4. The lowest BCUT2D eigenvalue weighted by molar-refractivity contribution is 0.592. The molecule has 4 heteroatoms. The van der Waals surface area contributed by atoms with Gasteiger partial charge in [0.1, 0.15) is 0 Å². The third kappa shape index (κ3) is 2.71. The minimum absolute atomic E-state index is 0.674. The topological polar surface area (TPSA) is 30.0 Å². The first-order chi connectivity index (χ1) is 13.2. The Morgan fingerprint density at radius 3 is 1.67 bits per heavy atom. The second-order valence-corrected chi connectivity index (χ2v) is 10.4. The number of fused-ring (bicyclic) bond motifs is 2. The first kappa shape index (κ1) is 16.4. The highest BCUT2D eigenvalue weighted by Gasteiger charge is 2.32. The number of hydrogen-bond acceptors (Lipinski definition) is 3. The number of aromatic nitrogens is 1. The molecular weight excluding hydrogens is 369 g/mol. The SMILES string of the molecule is O=P(c1ccc2ccccc2c1)(c1ccc2ccccc2c1)c1nccs1. The van der Waals surface area contributed by atoms with Gasteiger partial charge in [-0.05, 0) is 33.7 Å². The largest absolute Gasteiger partial charge is 0.306 e. The van der Waals surface area contributed by atoms with Crippen molar-refractivity contribution in [2.75, 3.05) is 0 Å². The van der Waals surface area contributed by atoms with Crippen LogP contribution >= 0.6 is 18.5 Å². The second kappa shape index (κ2) is 6.45. The summed E-state index contributed by atoms with van der Waals surface area (Å²) in [6.07, 6.45) is 1.73. The Balaban J connectivity index is 1.79. The number of benzene rings is 4. The number of thiazole rings is 1. The molecule has 0 amide bonds. The molecule has 0 spiro atoms. The first-order valence-corrected chi connectivity index (χ1v) is 11.3. The number of hydrogen-bond donors (Lipinski definition) is 0. The molecule has 5 rings (SSSR count). The van der Waals surface area contributed by atoms with E-state index in [9.17, 15) is 4.57 Å². The Morgan fingerprint density at radius 1 is 0.667 bits per heavy atom. The maximum atomic E-state index is 14.5. The molecule has 0 aliphatic rings. The molecule has 0 unspecified atom stereocenters. The molecule has 4 aromatic carbocycles. The minimum atomic E-state index is -3.03. The van der Waals surface area contributed by atoms with Crippen LogP contribution in [0.1, 0.15) is 0 Å². The monoisotopic (exact) mass is 385 g/mol. The normalized spacial score (nSPS) is 11.9. The molecule has 0 fully saturated rings. The van der Waals surface area contributed by atoms with Gasteiger partial charge in [0.25, 0.3) is 0 Å². The van der Waals surface area contributed by atoms with Crippen LogP contribution in [0.3, 0.4) is 0 Å². The zero-order chi connectivity index (χ0) is 18.3. The quantitative estimate of drug-likeness (QED) is 0.405. The van der Waals surface area contributed by atoms with E-state index in [-0.39, 0.29) is 0 Å². The molecule has 0 radical (unpaired) electrons. The van der Waals surface area contributed by atoms with Gasteiger partial charge in [0.15, 0.2) is 11.9 Å². The van der Waals surface area contributed by atoms with Crippen LogP contribution in [0.4, 0.5) is 0 Å². The predicted molar refractivity (Wildman–Crippen MR) is 117 cm³/mol. The summed E-state index contributed by atoms with van der Waals surface area (Å²) in [6.45, 7) is 0.